The van der Waals surface area contributed by atoms with E-state index in [9.17, 15) is 9.90 Å². The lowest BCUT2D eigenvalue weighted by Crippen LogP contribution is -2.26. The van der Waals surface area contributed by atoms with Gasteiger partial charge in [0.05, 0.1) is 17.9 Å². The lowest BCUT2D eigenvalue weighted by molar-refractivity contribution is 0.168. The number of rotatable bonds is 9. The van der Waals surface area contributed by atoms with Crippen molar-refractivity contribution in [2.75, 3.05) is 18.1 Å². The molecule has 0 fully saturated rings. The quantitative estimate of drug-likeness (QED) is 0.523. The van der Waals surface area contributed by atoms with Crippen LogP contribution >= 0.6 is 11.8 Å². The second-order valence-electron chi connectivity index (χ2n) is 4.95. The minimum Gasteiger partial charge on any atom is -0.392 e. The number of aliphatic hydroxyl groups is 1. The van der Waals surface area contributed by atoms with Gasteiger partial charge in [0.2, 0.25) is 0 Å². The van der Waals surface area contributed by atoms with Gasteiger partial charge in [0.1, 0.15) is 5.52 Å². The number of thioether (sulfide) groups is 1. The largest absolute Gasteiger partial charge is 0.392 e. The average Bonchev–Trinajstić information content (AvgIpc) is 2.89. The predicted octanol–water partition coefficient (Wildman–Crippen LogP) is 1.24. The fourth-order valence-corrected chi connectivity index (χ4v) is 3.01. The first kappa shape index (κ1) is 16.1. The van der Waals surface area contributed by atoms with Crippen LogP contribution < -0.4 is 10.9 Å². The van der Waals surface area contributed by atoms with Gasteiger partial charge in [-0.2, -0.15) is 11.8 Å². The van der Waals surface area contributed by atoms with E-state index in [0.29, 0.717) is 24.1 Å². The minimum atomic E-state index is -0.337. The van der Waals surface area contributed by atoms with Gasteiger partial charge in [-0.15, -0.1) is 0 Å². The highest BCUT2D eigenvalue weighted by molar-refractivity contribution is 7.99. The highest BCUT2D eigenvalue weighted by Crippen LogP contribution is 2.11. The molecule has 0 bridgehead atoms. The minimum absolute atomic E-state index is 0.167. The van der Waals surface area contributed by atoms with Gasteiger partial charge in [-0.05, 0) is 24.3 Å². The molecule has 0 aromatic carbocycles. The number of aromatic nitrogens is 3. The number of hydrogen-bond acceptors (Lipinski definition) is 5. The standard InChI is InChI=1S/C14H22N4O2S/c1-2-4-21-5-3-11(19)8-15-6-10-7-16-13-12(10)17-9-18-14(13)20/h7,9,11,15-16,19H,2-6,8H2,1H3,(H,17,18,20)/t11-/m0/s1. The molecule has 6 nitrogen and oxygen atoms in total. The van der Waals surface area contributed by atoms with E-state index in [4.69, 9.17) is 0 Å². The van der Waals surface area contributed by atoms with Gasteiger partial charge in [0.25, 0.3) is 5.56 Å². The first-order valence-electron chi connectivity index (χ1n) is 7.22. The summed E-state index contributed by atoms with van der Waals surface area (Å²) >= 11 is 1.88. The molecule has 2 aromatic heterocycles. The fraction of sp³-hybridized carbons (Fsp3) is 0.571. The second kappa shape index (κ2) is 8.21. The molecule has 7 heteroatoms. The van der Waals surface area contributed by atoms with Crippen LogP contribution in [0, 0.1) is 0 Å². The Morgan fingerprint density at radius 1 is 1.43 bits per heavy atom. The molecule has 1 atom stereocenters. The van der Waals surface area contributed by atoms with E-state index in [-0.39, 0.29) is 11.7 Å². The van der Waals surface area contributed by atoms with E-state index in [0.717, 1.165) is 23.5 Å². The van der Waals surface area contributed by atoms with E-state index in [1.165, 1.54) is 12.7 Å². The number of aliphatic hydroxyl groups excluding tert-OH is 1. The molecule has 0 unspecified atom stereocenters. The first-order chi connectivity index (χ1) is 10.2. The Balaban J connectivity index is 1.77. The van der Waals surface area contributed by atoms with Crippen molar-refractivity contribution in [2.45, 2.75) is 32.4 Å². The van der Waals surface area contributed by atoms with Gasteiger partial charge in [-0.3, -0.25) is 4.79 Å². The normalized spacial score (nSPS) is 12.9. The molecular formula is C14H22N4O2S. The van der Waals surface area contributed by atoms with E-state index >= 15 is 0 Å². The molecule has 0 aliphatic heterocycles. The van der Waals surface area contributed by atoms with Crippen LogP contribution in [-0.2, 0) is 6.54 Å². The van der Waals surface area contributed by atoms with E-state index in [1.807, 2.05) is 11.8 Å². The van der Waals surface area contributed by atoms with Gasteiger partial charge < -0.3 is 20.4 Å². The first-order valence-corrected chi connectivity index (χ1v) is 8.38. The van der Waals surface area contributed by atoms with Gasteiger partial charge in [0.15, 0.2) is 0 Å². The maximum atomic E-state index is 11.6. The van der Waals surface area contributed by atoms with Crippen LogP contribution in [-0.4, -0.2) is 44.2 Å². The molecule has 4 N–H and O–H groups in total. The average molecular weight is 310 g/mol. The smallest absolute Gasteiger partial charge is 0.275 e. The number of aromatic amines is 2. The van der Waals surface area contributed by atoms with Crippen molar-refractivity contribution in [3.63, 3.8) is 0 Å². The molecule has 0 aliphatic rings. The SMILES string of the molecule is CCCSCC[C@H](O)CNCc1c[nH]c2c(=O)[nH]cnc12. The molecule has 116 valence electrons. The number of nitrogens with one attached hydrogen (secondary N) is 3. The van der Waals surface area contributed by atoms with Gasteiger partial charge in [-0.1, -0.05) is 6.92 Å². The van der Waals surface area contributed by atoms with E-state index < -0.39 is 0 Å². The van der Waals surface area contributed by atoms with Crippen LogP contribution in [0.25, 0.3) is 11.0 Å². The molecule has 2 heterocycles. The Morgan fingerprint density at radius 2 is 2.29 bits per heavy atom. The zero-order chi connectivity index (χ0) is 15.1. The monoisotopic (exact) mass is 310 g/mol. The lowest BCUT2D eigenvalue weighted by Gasteiger charge is -2.11. The zero-order valence-corrected chi connectivity index (χ0v) is 13.0. The molecule has 0 aliphatic carbocycles. The maximum absolute atomic E-state index is 11.6. The van der Waals surface area contributed by atoms with Crippen LogP contribution in [0.3, 0.4) is 0 Å². The topological polar surface area (TPSA) is 93.8 Å². The molecular weight excluding hydrogens is 288 g/mol. The Bertz CT molecular complexity index is 610. The fourth-order valence-electron chi connectivity index (χ4n) is 2.08. The van der Waals surface area contributed by atoms with Crippen molar-refractivity contribution in [2.24, 2.45) is 0 Å². The van der Waals surface area contributed by atoms with E-state index in [1.54, 1.807) is 6.20 Å². The van der Waals surface area contributed by atoms with Crippen LogP contribution in [0.4, 0.5) is 0 Å². The van der Waals surface area contributed by atoms with Crippen LogP contribution in [0.2, 0.25) is 0 Å². The lowest BCUT2D eigenvalue weighted by atomic mass is 10.2. The summed E-state index contributed by atoms with van der Waals surface area (Å²) in [5.41, 5.74) is 1.94. The molecule has 0 amide bonds. The zero-order valence-electron chi connectivity index (χ0n) is 12.2. The molecule has 0 saturated heterocycles. The Kier molecular flexibility index (Phi) is 6.28. The van der Waals surface area contributed by atoms with Crippen molar-refractivity contribution in [3.05, 3.63) is 28.4 Å². The summed E-state index contributed by atoms with van der Waals surface area (Å²) in [6, 6.07) is 0. The third-order valence-electron chi connectivity index (χ3n) is 3.19. The van der Waals surface area contributed by atoms with Crippen molar-refractivity contribution in [3.8, 4) is 0 Å². The number of hydrogen-bond donors (Lipinski definition) is 4. The van der Waals surface area contributed by atoms with Crippen molar-refractivity contribution < 1.29 is 5.11 Å². The van der Waals surface area contributed by atoms with Crippen molar-refractivity contribution >= 4 is 22.8 Å². The van der Waals surface area contributed by atoms with Gasteiger partial charge >= 0.3 is 0 Å². The van der Waals surface area contributed by atoms with E-state index in [2.05, 4.69) is 27.2 Å². The Morgan fingerprint density at radius 3 is 3.10 bits per heavy atom. The number of nitrogens with zero attached hydrogens (tertiary/aromatic N) is 1. The van der Waals surface area contributed by atoms with Crippen LogP contribution in [0.15, 0.2) is 17.3 Å². The Labute approximate surface area is 127 Å². The molecule has 2 aromatic rings. The molecule has 0 radical (unpaired) electrons. The van der Waals surface area contributed by atoms with Crippen LogP contribution in [0.5, 0.6) is 0 Å². The summed E-state index contributed by atoms with van der Waals surface area (Å²) in [7, 11) is 0. The molecule has 0 spiro atoms. The third kappa shape index (κ3) is 4.59. The van der Waals surface area contributed by atoms with Gasteiger partial charge in [0, 0.05) is 24.8 Å². The summed E-state index contributed by atoms with van der Waals surface area (Å²) in [5.74, 6) is 2.14. The summed E-state index contributed by atoms with van der Waals surface area (Å²) in [6.45, 7) is 3.28. The van der Waals surface area contributed by atoms with Gasteiger partial charge in [-0.25, -0.2) is 4.98 Å². The summed E-state index contributed by atoms with van der Waals surface area (Å²) in [4.78, 5) is 21.2. The molecule has 21 heavy (non-hydrogen) atoms. The highest BCUT2D eigenvalue weighted by atomic mass is 32.2. The molecule has 2 rings (SSSR count). The summed E-state index contributed by atoms with van der Waals surface area (Å²) in [5, 5.41) is 13.1. The van der Waals surface area contributed by atoms with Crippen molar-refractivity contribution in [1.82, 2.24) is 20.3 Å². The predicted molar refractivity (Wildman–Crippen MR) is 86.7 cm³/mol. The Hall–Kier alpha value is -1.31. The number of H-pyrrole nitrogens is 2. The van der Waals surface area contributed by atoms with Crippen molar-refractivity contribution in [1.29, 1.82) is 0 Å². The number of fused-ring (bicyclic) bond motifs is 1. The maximum Gasteiger partial charge on any atom is 0.275 e. The summed E-state index contributed by atoms with van der Waals surface area (Å²) < 4.78 is 0. The highest BCUT2D eigenvalue weighted by Gasteiger charge is 2.08. The van der Waals surface area contributed by atoms with Crippen LogP contribution in [0.1, 0.15) is 25.3 Å². The molecule has 0 saturated carbocycles. The summed E-state index contributed by atoms with van der Waals surface area (Å²) in [6.07, 6.45) is 4.82. The second-order valence-corrected chi connectivity index (χ2v) is 6.18. The third-order valence-corrected chi connectivity index (χ3v) is 4.41.